The molecular formula is C22H19Cl2N5O2. The third kappa shape index (κ3) is 5.39. The molecule has 158 valence electrons. The molecule has 0 radical (unpaired) electrons. The molecule has 0 aliphatic heterocycles. The summed E-state index contributed by atoms with van der Waals surface area (Å²) < 4.78 is 0. The molecule has 3 aromatic rings. The summed E-state index contributed by atoms with van der Waals surface area (Å²) in [5, 5.41) is 14.0. The Morgan fingerprint density at radius 1 is 0.903 bits per heavy atom. The summed E-state index contributed by atoms with van der Waals surface area (Å²) in [5.41, 5.74) is 1.41. The second-order valence-electron chi connectivity index (χ2n) is 6.75. The number of carbonyl (C=O) groups excluding carboxylic acids is 2. The molecule has 0 saturated heterocycles. The molecule has 31 heavy (non-hydrogen) atoms. The van der Waals surface area contributed by atoms with E-state index in [1.165, 1.54) is 6.20 Å². The first-order valence-electron chi connectivity index (χ1n) is 9.15. The van der Waals surface area contributed by atoms with Crippen molar-refractivity contribution in [3.05, 3.63) is 87.5 Å². The number of amides is 2. The van der Waals surface area contributed by atoms with Crippen molar-refractivity contribution >= 4 is 52.4 Å². The van der Waals surface area contributed by atoms with E-state index in [1.807, 2.05) is 0 Å². The van der Waals surface area contributed by atoms with Gasteiger partial charge in [0.2, 0.25) is 0 Å². The fraction of sp³-hybridized carbons (Fsp3) is 0.0909. The standard InChI is InChI=1S/C22H19Cl2N5O2/c1-29(2)20(25)13-6-8-14(9-7-13)21(30)28-19-16(4-3-5-17(19)24)22(31)27-18-11-10-15(23)12-26-18/h3-12,25H,1-2H3,(H,28,30)(H,26,27,31). The Hall–Kier alpha value is -3.42. The van der Waals surface area contributed by atoms with Crippen LogP contribution >= 0.6 is 23.2 Å². The zero-order chi connectivity index (χ0) is 22.5. The minimum atomic E-state index is -0.484. The van der Waals surface area contributed by atoms with Crippen molar-refractivity contribution in [1.29, 1.82) is 5.41 Å². The number of nitrogens with one attached hydrogen (secondary N) is 3. The molecule has 0 saturated carbocycles. The van der Waals surface area contributed by atoms with Gasteiger partial charge in [-0.25, -0.2) is 4.98 Å². The quantitative estimate of drug-likeness (QED) is 0.380. The average molecular weight is 456 g/mol. The summed E-state index contributed by atoms with van der Waals surface area (Å²) in [6, 6.07) is 14.5. The van der Waals surface area contributed by atoms with Crippen LogP contribution in [0.2, 0.25) is 10.0 Å². The van der Waals surface area contributed by atoms with E-state index in [2.05, 4.69) is 15.6 Å². The van der Waals surface area contributed by atoms with Crippen LogP contribution in [0.4, 0.5) is 11.5 Å². The van der Waals surface area contributed by atoms with Crippen LogP contribution < -0.4 is 10.6 Å². The predicted molar refractivity (Wildman–Crippen MR) is 124 cm³/mol. The monoisotopic (exact) mass is 455 g/mol. The number of rotatable bonds is 5. The number of aromatic nitrogens is 1. The van der Waals surface area contributed by atoms with Gasteiger partial charge in [0.25, 0.3) is 11.8 Å². The lowest BCUT2D eigenvalue weighted by Crippen LogP contribution is -2.22. The first kappa shape index (κ1) is 22.3. The number of carbonyl (C=O) groups is 2. The molecule has 0 atom stereocenters. The van der Waals surface area contributed by atoms with Gasteiger partial charge in [0, 0.05) is 31.4 Å². The van der Waals surface area contributed by atoms with Crippen LogP contribution in [0.1, 0.15) is 26.3 Å². The van der Waals surface area contributed by atoms with Gasteiger partial charge >= 0.3 is 0 Å². The predicted octanol–water partition coefficient (Wildman–Crippen LogP) is 4.78. The number of benzene rings is 2. The van der Waals surface area contributed by atoms with Crippen molar-refractivity contribution in [1.82, 2.24) is 9.88 Å². The maximum Gasteiger partial charge on any atom is 0.258 e. The van der Waals surface area contributed by atoms with Crippen LogP contribution in [0.3, 0.4) is 0 Å². The van der Waals surface area contributed by atoms with Crippen molar-refractivity contribution in [3.8, 4) is 0 Å². The fourth-order valence-electron chi connectivity index (χ4n) is 2.70. The second kappa shape index (κ2) is 9.59. The van der Waals surface area contributed by atoms with E-state index in [0.29, 0.717) is 27.8 Å². The Bertz CT molecular complexity index is 1130. The first-order chi connectivity index (χ1) is 14.8. The Morgan fingerprint density at radius 3 is 2.19 bits per heavy atom. The number of nitrogens with zero attached hydrogens (tertiary/aromatic N) is 2. The van der Waals surface area contributed by atoms with Crippen LogP contribution in [0.5, 0.6) is 0 Å². The summed E-state index contributed by atoms with van der Waals surface area (Å²) in [5.74, 6) is -0.282. The summed E-state index contributed by atoms with van der Waals surface area (Å²) in [6.45, 7) is 0. The number of anilines is 2. The zero-order valence-corrected chi connectivity index (χ0v) is 18.3. The number of hydrogen-bond acceptors (Lipinski definition) is 4. The Morgan fingerprint density at radius 2 is 1.58 bits per heavy atom. The molecule has 2 aromatic carbocycles. The topological polar surface area (TPSA) is 98.2 Å². The maximum atomic E-state index is 12.8. The maximum absolute atomic E-state index is 12.8. The number of halogens is 2. The van der Waals surface area contributed by atoms with Crippen LogP contribution in [0.15, 0.2) is 60.8 Å². The van der Waals surface area contributed by atoms with Crippen molar-refractivity contribution in [2.24, 2.45) is 0 Å². The van der Waals surface area contributed by atoms with Crippen LogP contribution in [-0.4, -0.2) is 41.6 Å². The van der Waals surface area contributed by atoms with Gasteiger partial charge in [-0.1, -0.05) is 41.4 Å². The van der Waals surface area contributed by atoms with E-state index in [4.69, 9.17) is 28.6 Å². The molecule has 3 N–H and O–H groups in total. The molecular weight excluding hydrogens is 437 g/mol. The lowest BCUT2D eigenvalue weighted by molar-refractivity contribution is 0.102. The summed E-state index contributed by atoms with van der Waals surface area (Å²) in [6.07, 6.45) is 1.41. The molecule has 7 nitrogen and oxygen atoms in total. The van der Waals surface area contributed by atoms with E-state index in [-0.39, 0.29) is 16.3 Å². The number of amidine groups is 1. The summed E-state index contributed by atoms with van der Waals surface area (Å²) in [7, 11) is 3.54. The lowest BCUT2D eigenvalue weighted by atomic mass is 10.1. The van der Waals surface area contributed by atoms with Crippen molar-refractivity contribution < 1.29 is 9.59 Å². The van der Waals surface area contributed by atoms with E-state index >= 15 is 0 Å². The Labute approximate surface area is 189 Å². The van der Waals surface area contributed by atoms with Gasteiger partial charge in [-0.15, -0.1) is 0 Å². The SMILES string of the molecule is CN(C)C(=N)c1ccc(C(=O)Nc2c(Cl)cccc2C(=O)Nc2ccc(Cl)cn2)cc1. The lowest BCUT2D eigenvalue weighted by Gasteiger charge is -2.15. The smallest absolute Gasteiger partial charge is 0.258 e. The Balaban J connectivity index is 1.81. The molecule has 0 fully saturated rings. The van der Waals surface area contributed by atoms with Gasteiger partial charge in [-0.2, -0.15) is 0 Å². The van der Waals surface area contributed by atoms with Crippen LogP contribution in [0.25, 0.3) is 0 Å². The van der Waals surface area contributed by atoms with Crippen LogP contribution in [-0.2, 0) is 0 Å². The molecule has 0 bridgehead atoms. The summed E-state index contributed by atoms with van der Waals surface area (Å²) >= 11 is 12.1. The van der Waals surface area contributed by atoms with Gasteiger partial charge in [0.1, 0.15) is 11.7 Å². The van der Waals surface area contributed by atoms with Gasteiger partial charge in [-0.05, 0) is 36.4 Å². The molecule has 0 unspecified atom stereocenters. The highest BCUT2D eigenvalue weighted by Crippen LogP contribution is 2.27. The van der Waals surface area contributed by atoms with Gasteiger partial charge in [-0.3, -0.25) is 15.0 Å². The molecule has 1 heterocycles. The van der Waals surface area contributed by atoms with Crippen molar-refractivity contribution in [2.45, 2.75) is 0 Å². The normalized spacial score (nSPS) is 10.3. The van der Waals surface area contributed by atoms with E-state index in [0.717, 1.165) is 0 Å². The van der Waals surface area contributed by atoms with E-state index in [9.17, 15) is 9.59 Å². The zero-order valence-electron chi connectivity index (χ0n) is 16.7. The van der Waals surface area contributed by atoms with Gasteiger partial charge in [0.15, 0.2) is 0 Å². The highest BCUT2D eigenvalue weighted by molar-refractivity contribution is 6.35. The molecule has 1 aromatic heterocycles. The van der Waals surface area contributed by atoms with Gasteiger partial charge in [0.05, 0.1) is 21.3 Å². The molecule has 2 amide bonds. The third-order valence-corrected chi connectivity index (χ3v) is 4.87. The number of para-hydroxylation sites is 1. The number of hydrogen-bond donors (Lipinski definition) is 3. The number of pyridine rings is 1. The highest BCUT2D eigenvalue weighted by atomic mass is 35.5. The minimum absolute atomic E-state index is 0.184. The van der Waals surface area contributed by atoms with Crippen LogP contribution in [0, 0.1) is 5.41 Å². The average Bonchev–Trinajstić information content (AvgIpc) is 2.76. The molecule has 0 aliphatic carbocycles. The van der Waals surface area contributed by atoms with E-state index < -0.39 is 11.8 Å². The Kier molecular flexibility index (Phi) is 6.89. The fourth-order valence-corrected chi connectivity index (χ4v) is 3.03. The van der Waals surface area contributed by atoms with Crippen molar-refractivity contribution in [2.75, 3.05) is 24.7 Å². The highest BCUT2D eigenvalue weighted by Gasteiger charge is 2.18. The largest absolute Gasteiger partial charge is 0.363 e. The molecule has 0 aliphatic rings. The summed E-state index contributed by atoms with van der Waals surface area (Å²) in [4.78, 5) is 31.2. The molecule has 9 heteroatoms. The van der Waals surface area contributed by atoms with Crippen molar-refractivity contribution in [3.63, 3.8) is 0 Å². The minimum Gasteiger partial charge on any atom is -0.363 e. The molecule has 3 rings (SSSR count). The van der Waals surface area contributed by atoms with E-state index in [1.54, 1.807) is 73.6 Å². The second-order valence-corrected chi connectivity index (χ2v) is 7.60. The third-order valence-electron chi connectivity index (χ3n) is 4.33. The molecule has 0 spiro atoms. The van der Waals surface area contributed by atoms with Gasteiger partial charge < -0.3 is 15.5 Å². The first-order valence-corrected chi connectivity index (χ1v) is 9.91.